The summed E-state index contributed by atoms with van der Waals surface area (Å²) in [6.45, 7) is 2.11. The topological polar surface area (TPSA) is 65.7 Å². The summed E-state index contributed by atoms with van der Waals surface area (Å²) in [7, 11) is 0. The second-order valence-corrected chi connectivity index (χ2v) is 7.60. The fourth-order valence-corrected chi connectivity index (χ4v) is 5.48. The Kier molecular flexibility index (Phi) is 2.83. The lowest BCUT2D eigenvalue weighted by Gasteiger charge is -2.47. The molecule has 5 nitrogen and oxygen atoms in total. The molecule has 0 unspecified atom stereocenters. The number of furan rings is 1. The lowest BCUT2D eigenvalue weighted by molar-refractivity contribution is -0.156. The van der Waals surface area contributed by atoms with Gasteiger partial charge in [0.25, 0.3) is 0 Å². The Balaban J connectivity index is 1.59. The minimum absolute atomic E-state index is 0.0749. The summed E-state index contributed by atoms with van der Waals surface area (Å²) >= 11 is 0. The van der Waals surface area contributed by atoms with Crippen molar-refractivity contribution < 1.29 is 23.5 Å². The first-order valence-corrected chi connectivity index (χ1v) is 8.78. The van der Waals surface area contributed by atoms with Crippen LogP contribution >= 0.6 is 0 Å². The lowest BCUT2D eigenvalue weighted by Crippen LogP contribution is -2.49. The number of fused-ring (bicyclic) bond motifs is 1. The van der Waals surface area contributed by atoms with Crippen LogP contribution in [0.2, 0.25) is 0 Å². The Morgan fingerprint density at radius 1 is 1.21 bits per heavy atom. The van der Waals surface area contributed by atoms with E-state index in [9.17, 15) is 9.59 Å². The van der Waals surface area contributed by atoms with E-state index in [0.717, 1.165) is 36.0 Å². The van der Waals surface area contributed by atoms with E-state index in [-0.39, 0.29) is 36.0 Å². The van der Waals surface area contributed by atoms with E-state index in [1.165, 1.54) is 0 Å². The highest BCUT2D eigenvalue weighted by atomic mass is 16.6. The van der Waals surface area contributed by atoms with Crippen molar-refractivity contribution in [3.8, 4) is 0 Å². The fourth-order valence-electron chi connectivity index (χ4n) is 5.48. The monoisotopic (exact) mass is 328 g/mol. The molecule has 5 heteroatoms. The van der Waals surface area contributed by atoms with Crippen molar-refractivity contribution >= 4 is 11.9 Å². The predicted octanol–water partition coefficient (Wildman–Crippen LogP) is 3.32. The molecule has 1 saturated carbocycles. The molecule has 1 saturated heterocycles. The smallest absolute Gasteiger partial charge is 0.334 e. The number of carbonyl (C=O) groups is 2. The standard InChI is InChI=1S/C19H20O5/c1-10-7-14-16-12(17(20)23-14)3-2-4-13(16)19(10)8-15(24-18(19)21)11-5-6-22-9-11/h5-6,9-10,13-15H,2-4,7-8H2,1H3/t10-,13-,14-,15+,19-/m1/s1. The minimum Gasteiger partial charge on any atom is -0.472 e. The zero-order valence-corrected chi connectivity index (χ0v) is 13.6. The Hall–Kier alpha value is -2.04. The third-order valence-corrected chi connectivity index (χ3v) is 6.62. The van der Waals surface area contributed by atoms with Crippen LogP contribution in [0.3, 0.4) is 0 Å². The van der Waals surface area contributed by atoms with E-state index >= 15 is 0 Å². The summed E-state index contributed by atoms with van der Waals surface area (Å²) in [6, 6.07) is 1.86. The largest absolute Gasteiger partial charge is 0.472 e. The zero-order chi connectivity index (χ0) is 16.5. The molecule has 0 aromatic carbocycles. The van der Waals surface area contributed by atoms with Gasteiger partial charge in [0, 0.05) is 23.5 Å². The van der Waals surface area contributed by atoms with Crippen LogP contribution in [0.25, 0.3) is 0 Å². The van der Waals surface area contributed by atoms with Gasteiger partial charge in [-0.1, -0.05) is 6.92 Å². The van der Waals surface area contributed by atoms with Gasteiger partial charge in [-0.3, -0.25) is 4.79 Å². The molecule has 4 aliphatic rings. The summed E-state index contributed by atoms with van der Waals surface area (Å²) in [6.07, 6.45) is 6.92. The molecule has 5 atom stereocenters. The molecular weight excluding hydrogens is 308 g/mol. The molecule has 2 aliphatic heterocycles. The molecule has 0 bridgehead atoms. The van der Waals surface area contributed by atoms with E-state index in [4.69, 9.17) is 13.9 Å². The van der Waals surface area contributed by atoms with Gasteiger partial charge in [0.2, 0.25) is 0 Å². The Labute approximate surface area is 140 Å². The second-order valence-electron chi connectivity index (χ2n) is 7.60. The lowest BCUT2D eigenvalue weighted by atomic mass is 9.54. The molecule has 3 heterocycles. The van der Waals surface area contributed by atoms with Crippen LogP contribution in [0.5, 0.6) is 0 Å². The molecule has 5 rings (SSSR count). The average molecular weight is 328 g/mol. The SMILES string of the molecule is C[C@@H]1C[C@H]2OC(=O)C3=C2[C@@H](CCC3)[C@@]12C[C@@H](c1ccoc1)OC2=O. The van der Waals surface area contributed by atoms with Crippen molar-refractivity contribution in [2.24, 2.45) is 17.3 Å². The Bertz CT molecular complexity index is 746. The quantitative estimate of drug-likeness (QED) is 0.740. The normalized spacial score (nSPS) is 40.7. The van der Waals surface area contributed by atoms with Crippen molar-refractivity contribution in [3.05, 3.63) is 35.3 Å². The average Bonchev–Trinajstić information content (AvgIpc) is 3.26. The predicted molar refractivity (Wildman–Crippen MR) is 82.6 cm³/mol. The maximum absolute atomic E-state index is 13.0. The van der Waals surface area contributed by atoms with Gasteiger partial charge in [-0.25, -0.2) is 4.79 Å². The zero-order valence-electron chi connectivity index (χ0n) is 13.6. The van der Waals surface area contributed by atoms with Crippen molar-refractivity contribution in [2.45, 2.75) is 51.2 Å². The van der Waals surface area contributed by atoms with E-state index in [1.807, 2.05) is 6.07 Å². The van der Waals surface area contributed by atoms with Gasteiger partial charge < -0.3 is 13.9 Å². The van der Waals surface area contributed by atoms with Gasteiger partial charge in [-0.2, -0.15) is 0 Å². The van der Waals surface area contributed by atoms with E-state index in [2.05, 4.69) is 6.92 Å². The number of hydrogen-bond acceptors (Lipinski definition) is 5. The third kappa shape index (κ3) is 1.65. The van der Waals surface area contributed by atoms with Crippen LogP contribution in [0.4, 0.5) is 0 Å². The summed E-state index contributed by atoms with van der Waals surface area (Å²) in [5.74, 6) is -0.0730. The Morgan fingerprint density at radius 2 is 2.08 bits per heavy atom. The highest BCUT2D eigenvalue weighted by Gasteiger charge is 2.64. The van der Waals surface area contributed by atoms with Crippen LogP contribution in [0.1, 0.15) is 50.7 Å². The number of esters is 2. The number of ether oxygens (including phenoxy) is 2. The first-order chi connectivity index (χ1) is 11.6. The fraction of sp³-hybridized carbons (Fsp3) is 0.579. The molecule has 1 aromatic heterocycles. The minimum atomic E-state index is -0.534. The van der Waals surface area contributed by atoms with Crippen LogP contribution in [0, 0.1) is 17.3 Å². The van der Waals surface area contributed by atoms with E-state index in [1.54, 1.807) is 12.5 Å². The van der Waals surface area contributed by atoms with E-state index in [0.29, 0.717) is 12.8 Å². The first kappa shape index (κ1) is 14.3. The molecule has 0 N–H and O–H groups in total. The number of cyclic esters (lactones) is 1. The maximum Gasteiger partial charge on any atom is 0.334 e. The summed E-state index contributed by atoms with van der Waals surface area (Å²) < 4.78 is 16.6. The van der Waals surface area contributed by atoms with Gasteiger partial charge in [0.1, 0.15) is 12.2 Å². The highest BCUT2D eigenvalue weighted by Crippen LogP contribution is 2.62. The second kappa shape index (κ2) is 4.74. The van der Waals surface area contributed by atoms with Crippen LogP contribution in [0.15, 0.2) is 34.2 Å². The van der Waals surface area contributed by atoms with E-state index < -0.39 is 5.41 Å². The van der Waals surface area contributed by atoms with Crippen LogP contribution in [-0.2, 0) is 19.1 Å². The van der Waals surface area contributed by atoms with Gasteiger partial charge in [-0.15, -0.1) is 0 Å². The maximum atomic E-state index is 13.0. The van der Waals surface area contributed by atoms with Gasteiger partial charge in [0.05, 0.1) is 17.9 Å². The summed E-state index contributed by atoms with van der Waals surface area (Å²) in [5.41, 5.74) is 2.32. The van der Waals surface area contributed by atoms with Crippen molar-refractivity contribution in [3.63, 3.8) is 0 Å². The van der Waals surface area contributed by atoms with Crippen molar-refractivity contribution in [2.75, 3.05) is 0 Å². The summed E-state index contributed by atoms with van der Waals surface area (Å²) in [5, 5.41) is 0. The molecule has 1 aromatic rings. The van der Waals surface area contributed by atoms with Gasteiger partial charge >= 0.3 is 11.9 Å². The van der Waals surface area contributed by atoms with Crippen molar-refractivity contribution in [1.82, 2.24) is 0 Å². The molecule has 126 valence electrons. The van der Waals surface area contributed by atoms with Gasteiger partial charge in [0.15, 0.2) is 0 Å². The molecule has 0 amide bonds. The number of hydrogen-bond donors (Lipinski definition) is 0. The Morgan fingerprint density at radius 3 is 2.88 bits per heavy atom. The summed E-state index contributed by atoms with van der Waals surface area (Å²) in [4.78, 5) is 25.2. The molecule has 0 radical (unpaired) electrons. The van der Waals surface area contributed by atoms with Gasteiger partial charge in [-0.05, 0) is 43.2 Å². The molecule has 2 aliphatic carbocycles. The molecular formula is C19H20O5. The molecule has 1 spiro atoms. The van der Waals surface area contributed by atoms with Crippen LogP contribution < -0.4 is 0 Å². The number of carbonyl (C=O) groups excluding carboxylic acids is 2. The van der Waals surface area contributed by atoms with Crippen LogP contribution in [-0.4, -0.2) is 18.0 Å². The number of rotatable bonds is 1. The third-order valence-electron chi connectivity index (χ3n) is 6.62. The first-order valence-electron chi connectivity index (χ1n) is 8.78. The highest BCUT2D eigenvalue weighted by molar-refractivity contribution is 5.93. The molecule has 2 fully saturated rings. The van der Waals surface area contributed by atoms with Crippen molar-refractivity contribution in [1.29, 1.82) is 0 Å². The molecule has 24 heavy (non-hydrogen) atoms.